The summed E-state index contributed by atoms with van der Waals surface area (Å²) in [7, 11) is 0. The van der Waals surface area contributed by atoms with Crippen LogP contribution in [0.5, 0.6) is 0 Å². The van der Waals surface area contributed by atoms with Crippen LogP contribution in [0.1, 0.15) is 30.5 Å². The molecule has 0 aliphatic carbocycles. The summed E-state index contributed by atoms with van der Waals surface area (Å²) in [6, 6.07) is 5.85. The van der Waals surface area contributed by atoms with Gasteiger partial charge in [-0.3, -0.25) is 4.79 Å². The van der Waals surface area contributed by atoms with Gasteiger partial charge in [0.2, 0.25) is 5.91 Å². The average molecular weight is 204 g/mol. The topological polar surface area (TPSA) is 41.1 Å². The van der Waals surface area contributed by atoms with Crippen molar-refractivity contribution < 1.29 is 4.79 Å². The summed E-state index contributed by atoms with van der Waals surface area (Å²) in [5, 5.41) is 6.18. The van der Waals surface area contributed by atoms with Gasteiger partial charge in [0.15, 0.2) is 0 Å². The Labute approximate surface area is 89.9 Å². The normalized spacial score (nSPS) is 18.8. The SMILES string of the molecule is CCCNC1C(=O)Nc2c(C)cccc21. The average Bonchev–Trinajstić information content (AvgIpc) is 2.54. The van der Waals surface area contributed by atoms with Crippen molar-refractivity contribution in [3.05, 3.63) is 29.3 Å². The zero-order chi connectivity index (χ0) is 10.8. The summed E-state index contributed by atoms with van der Waals surface area (Å²) in [6.07, 6.45) is 1.03. The molecule has 3 nitrogen and oxygen atoms in total. The van der Waals surface area contributed by atoms with Crippen LogP contribution in [-0.4, -0.2) is 12.5 Å². The van der Waals surface area contributed by atoms with E-state index < -0.39 is 0 Å². The zero-order valence-electron chi connectivity index (χ0n) is 9.13. The van der Waals surface area contributed by atoms with E-state index in [-0.39, 0.29) is 11.9 Å². The molecule has 1 amide bonds. The first kappa shape index (κ1) is 10.2. The van der Waals surface area contributed by atoms with Crippen molar-refractivity contribution in [2.75, 3.05) is 11.9 Å². The number of nitrogens with one attached hydrogen (secondary N) is 2. The van der Waals surface area contributed by atoms with E-state index in [4.69, 9.17) is 0 Å². The molecule has 0 bridgehead atoms. The number of rotatable bonds is 3. The first-order valence-electron chi connectivity index (χ1n) is 5.37. The maximum absolute atomic E-state index is 11.7. The van der Waals surface area contributed by atoms with Gasteiger partial charge in [0.1, 0.15) is 6.04 Å². The highest BCUT2D eigenvalue weighted by Gasteiger charge is 2.30. The highest BCUT2D eigenvalue weighted by Crippen LogP contribution is 2.32. The van der Waals surface area contributed by atoms with Crippen molar-refractivity contribution in [3.63, 3.8) is 0 Å². The summed E-state index contributed by atoms with van der Waals surface area (Å²) in [5.41, 5.74) is 3.19. The summed E-state index contributed by atoms with van der Waals surface area (Å²) in [4.78, 5) is 11.7. The molecule has 1 aliphatic rings. The molecule has 2 rings (SSSR count). The first-order chi connectivity index (χ1) is 7.24. The molecule has 3 heteroatoms. The third-order valence-electron chi connectivity index (χ3n) is 2.72. The summed E-state index contributed by atoms with van der Waals surface area (Å²) < 4.78 is 0. The molecule has 1 aromatic carbocycles. The Morgan fingerprint density at radius 3 is 3.00 bits per heavy atom. The van der Waals surface area contributed by atoms with E-state index in [0.29, 0.717) is 0 Å². The van der Waals surface area contributed by atoms with E-state index in [1.54, 1.807) is 0 Å². The number of hydrogen-bond donors (Lipinski definition) is 2. The largest absolute Gasteiger partial charge is 0.324 e. The molecule has 15 heavy (non-hydrogen) atoms. The molecule has 1 heterocycles. The zero-order valence-corrected chi connectivity index (χ0v) is 9.13. The lowest BCUT2D eigenvalue weighted by Crippen LogP contribution is -2.27. The highest BCUT2D eigenvalue weighted by atomic mass is 16.2. The van der Waals surface area contributed by atoms with E-state index in [1.165, 1.54) is 0 Å². The second-order valence-corrected chi connectivity index (χ2v) is 3.92. The van der Waals surface area contributed by atoms with Crippen molar-refractivity contribution in [2.24, 2.45) is 0 Å². The molecule has 0 saturated heterocycles. The van der Waals surface area contributed by atoms with Gasteiger partial charge in [0, 0.05) is 11.3 Å². The van der Waals surface area contributed by atoms with E-state index in [1.807, 2.05) is 25.1 Å². The lowest BCUT2D eigenvalue weighted by Gasteiger charge is -2.10. The van der Waals surface area contributed by atoms with Crippen LogP contribution in [-0.2, 0) is 4.79 Å². The van der Waals surface area contributed by atoms with Crippen molar-refractivity contribution in [1.82, 2.24) is 5.32 Å². The van der Waals surface area contributed by atoms with Crippen molar-refractivity contribution in [3.8, 4) is 0 Å². The Kier molecular flexibility index (Phi) is 2.73. The van der Waals surface area contributed by atoms with Crippen LogP contribution in [0.3, 0.4) is 0 Å². The number of carbonyl (C=O) groups excluding carboxylic acids is 1. The van der Waals surface area contributed by atoms with Crippen LogP contribution in [0.15, 0.2) is 18.2 Å². The maximum Gasteiger partial charge on any atom is 0.246 e. The first-order valence-corrected chi connectivity index (χ1v) is 5.37. The molecule has 0 radical (unpaired) electrons. The van der Waals surface area contributed by atoms with Crippen molar-refractivity contribution in [1.29, 1.82) is 0 Å². The molecule has 1 unspecified atom stereocenters. The van der Waals surface area contributed by atoms with Gasteiger partial charge in [-0.1, -0.05) is 25.1 Å². The minimum atomic E-state index is -0.167. The van der Waals surface area contributed by atoms with Crippen molar-refractivity contribution >= 4 is 11.6 Å². The molecule has 1 aliphatic heterocycles. The fourth-order valence-corrected chi connectivity index (χ4v) is 1.93. The van der Waals surface area contributed by atoms with Gasteiger partial charge >= 0.3 is 0 Å². The standard InChI is InChI=1S/C12H16N2O/c1-3-7-13-11-9-6-4-5-8(2)10(9)14-12(11)15/h4-6,11,13H,3,7H2,1-2H3,(H,14,15). The highest BCUT2D eigenvalue weighted by molar-refractivity contribution is 6.03. The third kappa shape index (κ3) is 1.75. The van der Waals surface area contributed by atoms with Crippen LogP contribution in [0, 0.1) is 6.92 Å². The molecule has 0 saturated carbocycles. The predicted molar refractivity (Wildman–Crippen MR) is 60.8 cm³/mol. The van der Waals surface area contributed by atoms with E-state index in [2.05, 4.69) is 17.6 Å². The molecule has 0 aromatic heterocycles. The molecule has 0 fully saturated rings. The number of hydrogen-bond acceptors (Lipinski definition) is 2. The lowest BCUT2D eigenvalue weighted by atomic mass is 10.1. The fraction of sp³-hybridized carbons (Fsp3) is 0.417. The molecular weight excluding hydrogens is 188 g/mol. The van der Waals surface area contributed by atoms with Gasteiger partial charge in [-0.15, -0.1) is 0 Å². The number of aryl methyl sites for hydroxylation is 1. The van der Waals surface area contributed by atoms with E-state index in [9.17, 15) is 4.79 Å². The van der Waals surface area contributed by atoms with Gasteiger partial charge in [0.05, 0.1) is 0 Å². The summed E-state index contributed by atoms with van der Waals surface area (Å²) in [6.45, 7) is 4.98. The number of anilines is 1. The molecule has 0 spiro atoms. The smallest absolute Gasteiger partial charge is 0.246 e. The van der Waals surface area contributed by atoms with Gasteiger partial charge in [0.25, 0.3) is 0 Å². The van der Waals surface area contributed by atoms with Crippen LogP contribution < -0.4 is 10.6 Å². The lowest BCUT2D eigenvalue weighted by molar-refractivity contribution is -0.117. The Morgan fingerprint density at radius 2 is 2.27 bits per heavy atom. The predicted octanol–water partition coefficient (Wildman–Crippen LogP) is 1.99. The minimum Gasteiger partial charge on any atom is -0.324 e. The second kappa shape index (κ2) is 4.03. The quantitative estimate of drug-likeness (QED) is 0.790. The number of amides is 1. The van der Waals surface area contributed by atoms with Crippen LogP contribution in [0.25, 0.3) is 0 Å². The van der Waals surface area contributed by atoms with Crippen molar-refractivity contribution in [2.45, 2.75) is 26.3 Å². The van der Waals surface area contributed by atoms with Gasteiger partial charge in [-0.25, -0.2) is 0 Å². The van der Waals surface area contributed by atoms with Crippen LogP contribution >= 0.6 is 0 Å². The number of carbonyl (C=O) groups is 1. The number of fused-ring (bicyclic) bond motifs is 1. The minimum absolute atomic E-state index is 0.0627. The Balaban J connectivity index is 2.29. The van der Waals surface area contributed by atoms with E-state index in [0.717, 1.165) is 29.8 Å². The Hall–Kier alpha value is -1.35. The van der Waals surface area contributed by atoms with Crippen LogP contribution in [0.4, 0.5) is 5.69 Å². The van der Waals surface area contributed by atoms with Crippen LogP contribution in [0.2, 0.25) is 0 Å². The summed E-state index contributed by atoms with van der Waals surface area (Å²) >= 11 is 0. The Morgan fingerprint density at radius 1 is 1.47 bits per heavy atom. The number of para-hydroxylation sites is 1. The fourth-order valence-electron chi connectivity index (χ4n) is 1.93. The third-order valence-corrected chi connectivity index (χ3v) is 2.72. The molecule has 1 aromatic rings. The number of benzene rings is 1. The molecule has 1 atom stereocenters. The van der Waals surface area contributed by atoms with E-state index >= 15 is 0 Å². The van der Waals surface area contributed by atoms with Gasteiger partial charge in [-0.05, 0) is 25.5 Å². The molecule has 2 N–H and O–H groups in total. The molecule has 80 valence electrons. The maximum atomic E-state index is 11.7. The summed E-state index contributed by atoms with van der Waals surface area (Å²) in [5.74, 6) is 0.0627. The molecular formula is C12H16N2O. The van der Waals surface area contributed by atoms with Gasteiger partial charge in [-0.2, -0.15) is 0 Å². The monoisotopic (exact) mass is 204 g/mol. The second-order valence-electron chi connectivity index (χ2n) is 3.92. The van der Waals surface area contributed by atoms with Gasteiger partial charge < -0.3 is 10.6 Å². The Bertz CT molecular complexity index is 387.